The molecule has 30 heavy (non-hydrogen) atoms. The highest BCUT2D eigenvalue weighted by Gasteiger charge is 2.30. The first-order chi connectivity index (χ1) is 14.4. The van der Waals surface area contributed by atoms with E-state index in [1.54, 1.807) is 0 Å². The lowest BCUT2D eigenvalue weighted by Gasteiger charge is -2.26. The summed E-state index contributed by atoms with van der Waals surface area (Å²) in [6.45, 7) is 8.44. The van der Waals surface area contributed by atoms with Crippen LogP contribution in [0.25, 0.3) is 0 Å². The first-order valence-electron chi connectivity index (χ1n) is 10.3. The van der Waals surface area contributed by atoms with Crippen LogP contribution in [0.1, 0.15) is 46.8 Å². The van der Waals surface area contributed by atoms with Crippen molar-refractivity contribution < 1.29 is 28.9 Å². The van der Waals surface area contributed by atoms with Crippen LogP contribution in [0.4, 0.5) is 0 Å². The van der Waals surface area contributed by atoms with Crippen molar-refractivity contribution in [3.8, 4) is 5.75 Å². The van der Waals surface area contributed by atoms with E-state index in [1.165, 1.54) is 0 Å². The van der Waals surface area contributed by atoms with Gasteiger partial charge in [-0.25, -0.2) is 4.79 Å². The summed E-state index contributed by atoms with van der Waals surface area (Å²) in [6, 6.07) is 0. The number of benzene rings is 1. The highest BCUT2D eigenvalue weighted by molar-refractivity contribution is 7.27. The van der Waals surface area contributed by atoms with Crippen LogP contribution in [-0.2, 0) is 32.0 Å². The van der Waals surface area contributed by atoms with Gasteiger partial charge in [0.25, 0.3) is 0 Å². The number of nitrogens with zero attached hydrogens (tertiary/aromatic N) is 1. The number of aromatic hydroxyl groups is 1. The first-order valence-corrected chi connectivity index (χ1v) is 10.9. The van der Waals surface area contributed by atoms with Gasteiger partial charge in [-0.3, -0.25) is 9.69 Å². The Hall–Kier alpha value is -1.95. The summed E-state index contributed by atoms with van der Waals surface area (Å²) in [5.74, 6) is -0.686. The molecular weight excluding hydrogens is 405 g/mol. The van der Waals surface area contributed by atoms with Gasteiger partial charge in [-0.2, -0.15) is 0 Å². The molecule has 0 aromatic heterocycles. The summed E-state index contributed by atoms with van der Waals surface area (Å²) in [5.41, 5.74) is 3.71. The Balaban J connectivity index is 1.49. The van der Waals surface area contributed by atoms with Crippen molar-refractivity contribution in [3.63, 3.8) is 0 Å². The Morgan fingerprint density at radius 3 is 2.77 bits per heavy atom. The molecule has 0 bridgehead atoms. The quantitative estimate of drug-likeness (QED) is 0.380. The summed E-state index contributed by atoms with van der Waals surface area (Å²) in [4.78, 5) is 26.2. The summed E-state index contributed by atoms with van der Waals surface area (Å²) < 4.78 is 15.7. The van der Waals surface area contributed by atoms with Gasteiger partial charge < -0.3 is 19.3 Å². The minimum Gasteiger partial charge on any atom is -0.507 e. The van der Waals surface area contributed by atoms with E-state index >= 15 is 0 Å². The molecule has 1 aromatic carbocycles. The highest BCUT2D eigenvalue weighted by atomic mass is 31.0. The van der Waals surface area contributed by atoms with Gasteiger partial charge in [0.15, 0.2) is 0 Å². The number of carbonyl (C=O) groups excluding carboxylic acids is 2. The lowest BCUT2D eigenvalue weighted by Crippen LogP contribution is -2.38. The van der Waals surface area contributed by atoms with Crippen LogP contribution in [0.3, 0.4) is 0 Å². The minimum absolute atomic E-state index is 0.00493. The van der Waals surface area contributed by atoms with Crippen molar-refractivity contribution in [1.82, 2.24) is 4.90 Å². The molecule has 1 fully saturated rings. The fraction of sp³-hybridized carbons (Fsp3) is 0.545. The van der Waals surface area contributed by atoms with Gasteiger partial charge in [-0.15, -0.1) is 9.24 Å². The molecule has 1 N–H and O–H groups in total. The van der Waals surface area contributed by atoms with Gasteiger partial charge in [-0.05, 0) is 37.6 Å². The van der Waals surface area contributed by atoms with Crippen molar-refractivity contribution in [2.45, 2.75) is 39.7 Å². The molecule has 1 saturated heterocycles. The van der Waals surface area contributed by atoms with Crippen LogP contribution >= 0.6 is 9.24 Å². The van der Waals surface area contributed by atoms with E-state index in [0.717, 1.165) is 54.9 Å². The molecule has 8 heteroatoms. The van der Waals surface area contributed by atoms with Gasteiger partial charge in [0.2, 0.25) is 0 Å². The Bertz CT molecular complexity index is 845. The van der Waals surface area contributed by atoms with E-state index in [9.17, 15) is 14.7 Å². The van der Waals surface area contributed by atoms with Gasteiger partial charge in [0.05, 0.1) is 13.2 Å². The molecule has 0 aliphatic carbocycles. The van der Waals surface area contributed by atoms with E-state index in [0.29, 0.717) is 31.4 Å². The number of hydrogen-bond donors (Lipinski definition) is 1. The standard InChI is InChI=1S/C22H30NO6P/c1-14(4-6-18(24)28-12-9-23-7-10-27-11-8-23)3-5-16-20(25)19-17(13-29-22(19)26)15(2)21(16)30/h3,25H,4-13,30H2,1-2H3/b14-3+. The van der Waals surface area contributed by atoms with Gasteiger partial charge in [-0.1, -0.05) is 11.6 Å². The van der Waals surface area contributed by atoms with Crippen molar-refractivity contribution in [1.29, 1.82) is 0 Å². The molecule has 1 atom stereocenters. The number of phenols is 1. The molecule has 3 rings (SSSR count). The smallest absolute Gasteiger partial charge is 0.342 e. The largest absolute Gasteiger partial charge is 0.507 e. The highest BCUT2D eigenvalue weighted by Crippen LogP contribution is 2.34. The average Bonchev–Trinajstić information content (AvgIpc) is 3.13. The predicted octanol–water partition coefficient (Wildman–Crippen LogP) is 2.02. The summed E-state index contributed by atoms with van der Waals surface area (Å²) in [6.07, 6.45) is 3.37. The Labute approximate surface area is 179 Å². The van der Waals surface area contributed by atoms with Crippen LogP contribution < -0.4 is 5.30 Å². The van der Waals surface area contributed by atoms with Crippen LogP contribution in [0.5, 0.6) is 5.75 Å². The fourth-order valence-corrected chi connectivity index (χ4v) is 4.11. The number of phenolic OH excluding ortho intramolecular Hbond substituents is 1. The average molecular weight is 435 g/mol. The number of esters is 2. The summed E-state index contributed by atoms with van der Waals surface area (Å²) in [7, 11) is 2.65. The molecular formula is C22H30NO6P. The lowest BCUT2D eigenvalue weighted by molar-refractivity contribution is -0.144. The monoisotopic (exact) mass is 435 g/mol. The number of rotatable bonds is 8. The first kappa shape index (κ1) is 22.7. The van der Waals surface area contributed by atoms with E-state index in [-0.39, 0.29) is 23.9 Å². The molecule has 7 nitrogen and oxygen atoms in total. The second kappa shape index (κ2) is 10.4. The molecule has 164 valence electrons. The maximum absolute atomic E-state index is 12.0. The molecule has 2 aliphatic rings. The molecule has 2 heterocycles. The molecule has 1 aromatic rings. The normalized spacial score (nSPS) is 17.0. The van der Waals surface area contributed by atoms with Crippen molar-refractivity contribution in [3.05, 3.63) is 33.9 Å². The van der Waals surface area contributed by atoms with Crippen LogP contribution in [-0.4, -0.2) is 61.4 Å². The zero-order chi connectivity index (χ0) is 21.7. The van der Waals surface area contributed by atoms with Gasteiger partial charge in [0, 0.05) is 37.2 Å². The Kier molecular flexibility index (Phi) is 7.87. The Morgan fingerprint density at radius 1 is 1.30 bits per heavy atom. The second-order valence-corrected chi connectivity index (χ2v) is 8.30. The number of cyclic esters (lactones) is 1. The maximum Gasteiger partial charge on any atom is 0.342 e. The van der Waals surface area contributed by atoms with E-state index in [1.807, 2.05) is 19.9 Å². The number of hydrogen-bond acceptors (Lipinski definition) is 7. The summed E-state index contributed by atoms with van der Waals surface area (Å²) in [5, 5.41) is 11.5. The summed E-state index contributed by atoms with van der Waals surface area (Å²) >= 11 is 0. The van der Waals surface area contributed by atoms with Crippen LogP contribution in [0.15, 0.2) is 11.6 Å². The molecule has 0 spiro atoms. The zero-order valence-corrected chi connectivity index (χ0v) is 18.8. The lowest BCUT2D eigenvalue weighted by atomic mass is 9.96. The van der Waals surface area contributed by atoms with Crippen molar-refractivity contribution in [2.75, 3.05) is 39.5 Å². The van der Waals surface area contributed by atoms with Crippen LogP contribution in [0, 0.1) is 6.92 Å². The van der Waals surface area contributed by atoms with E-state index < -0.39 is 5.97 Å². The minimum atomic E-state index is -0.475. The third-order valence-electron chi connectivity index (χ3n) is 5.71. The second-order valence-electron chi connectivity index (χ2n) is 7.72. The number of carbonyl (C=O) groups is 2. The van der Waals surface area contributed by atoms with Gasteiger partial charge >= 0.3 is 11.9 Å². The predicted molar refractivity (Wildman–Crippen MR) is 116 cm³/mol. The van der Waals surface area contributed by atoms with Gasteiger partial charge in [0.1, 0.15) is 24.5 Å². The van der Waals surface area contributed by atoms with Crippen molar-refractivity contribution in [2.24, 2.45) is 0 Å². The number of allylic oxidation sites excluding steroid dienone is 2. The fourth-order valence-electron chi connectivity index (χ4n) is 3.68. The number of ether oxygens (including phenoxy) is 3. The molecule has 0 radical (unpaired) electrons. The molecule has 2 aliphatic heterocycles. The molecule has 0 saturated carbocycles. The maximum atomic E-state index is 12.0. The number of morpholine rings is 1. The Morgan fingerprint density at radius 2 is 2.03 bits per heavy atom. The zero-order valence-electron chi connectivity index (χ0n) is 17.7. The molecule has 0 amide bonds. The number of fused-ring (bicyclic) bond motifs is 1. The SMILES string of the molecule is C/C(=C\Cc1c(O)c2c(c(C)c1P)COC2=O)CCC(=O)OCCN1CCOCC1. The molecule has 1 unspecified atom stereocenters. The van der Waals surface area contributed by atoms with E-state index in [4.69, 9.17) is 14.2 Å². The third-order valence-corrected chi connectivity index (χ3v) is 6.49. The van der Waals surface area contributed by atoms with Crippen LogP contribution in [0.2, 0.25) is 0 Å². The third kappa shape index (κ3) is 5.39. The van der Waals surface area contributed by atoms with Crippen molar-refractivity contribution >= 4 is 26.5 Å². The topological polar surface area (TPSA) is 85.3 Å². The van der Waals surface area contributed by atoms with E-state index in [2.05, 4.69) is 14.1 Å².